The fraction of sp³-hybridized carbons (Fsp3) is 0.471. The quantitative estimate of drug-likeness (QED) is 0.741. The molecule has 0 bridgehead atoms. The van der Waals surface area contributed by atoms with Gasteiger partial charge in [-0.3, -0.25) is 4.79 Å². The standard InChI is InChI=1S/C17H25NO2/c1-4-11-18(12-13-19)17(20)16(14(3)5-2)15-9-7-6-8-10-15/h4,6-10,14,16,19H,1,5,11-13H2,2-3H3. The SMILES string of the molecule is C=CCN(CCO)C(=O)C(c1ccccc1)C(C)CC. The summed E-state index contributed by atoms with van der Waals surface area (Å²) < 4.78 is 0. The molecule has 0 aliphatic rings. The van der Waals surface area contributed by atoms with Gasteiger partial charge < -0.3 is 10.0 Å². The first-order chi connectivity index (χ1) is 9.65. The van der Waals surface area contributed by atoms with E-state index in [2.05, 4.69) is 20.4 Å². The summed E-state index contributed by atoms with van der Waals surface area (Å²) in [6.45, 7) is 8.68. The van der Waals surface area contributed by atoms with Crippen LogP contribution in [0, 0.1) is 5.92 Å². The maximum absolute atomic E-state index is 12.8. The van der Waals surface area contributed by atoms with Crippen LogP contribution in [-0.2, 0) is 4.79 Å². The van der Waals surface area contributed by atoms with Crippen molar-refractivity contribution < 1.29 is 9.90 Å². The molecule has 20 heavy (non-hydrogen) atoms. The molecule has 0 heterocycles. The molecule has 0 spiro atoms. The predicted molar refractivity (Wildman–Crippen MR) is 82.5 cm³/mol. The molecule has 2 unspecified atom stereocenters. The van der Waals surface area contributed by atoms with Gasteiger partial charge in [-0.2, -0.15) is 0 Å². The van der Waals surface area contributed by atoms with Crippen molar-refractivity contribution in [2.24, 2.45) is 5.92 Å². The lowest BCUT2D eigenvalue weighted by Gasteiger charge is -2.29. The topological polar surface area (TPSA) is 40.5 Å². The molecular formula is C17H25NO2. The van der Waals surface area contributed by atoms with E-state index in [1.165, 1.54) is 0 Å². The maximum atomic E-state index is 12.8. The lowest BCUT2D eigenvalue weighted by atomic mass is 9.84. The van der Waals surface area contributed by atoms with Crippen LogP contribution in [0.15, 0.2) is 43.0 Å². The van der Waals surface area contributed by atoms with Crippen LogP contribution >= 0.6 is 0 Å². The Balaban J connectivity index is 3.03. The Bertz CT molecular complexity index is 416. The highest BCUT2D eigenvalue weighted by molar-refractivity contribution is 5.84. The van der Waals surface area contributed by atoms with Crippen LogP contribution in [0.4, 0.5) is 0 Å². The zero-order chi connectivity index (χ0) is 15.0. The Morgan fingerprint density at radius 2 is 2.05 bits per heavy atom. The molecule has 0 saturated heterocycles. The van der Waals surface area contributed by atoms with E-state index in [0.717, 1.165) is 12.0 Å². The average Bonchev–Trinajstić information content (AvgIpc) is 2.48. The molecule has 0 aliphatic carbocycles. The second-order valence-electron chi connectivity index (χ2n) is 5.07. The highest BCUT2D eigenvalue weighted by Crippen LogP contribution is 2.29. The van der Waals surface area contributed by atoms with E-state index < -0.39 is 0 Å². The van der Waals surface area contributed by atoms with E-state index in [1.54, 1.807) is 11.0 Å². The molecule has 0 radical (unpaired) electrons. The predicted octanol–water partition coefficient (Wildman–Crippen LogP) is 2.82. The Morgan fingerprint density at radius 1 is 1.40 bits per heavy atom. The number of hydrogen-bond donors (Lipinski definition) is 1. The number of carbonyl (C=O) groups is 1. The maximum Gasteiger partial charge on any atom is 0.230 e. The van der Waals surface area contributed by atoms with Crippen LogP contribution < -0.4 is 0 Å². The number of amides is 1. The Labute approximate surface area is 121 Å². The van der Waals surface area contributed by atoms with E-state index in [1.807, 2.05) is 30.3 Å². The van der Waals surface area contributed by atoms with E-state index in [-0.39, 0.29) is 24.3 Å². The molecule has 0 aromatic heterocycles. The number of rotatable bonds is 8. The Kier molecular flexibility index (Phi) is 7.02. The van der Waals surface area contributed by atoms with Crippen LogP contribution in [0.3, 0.4) is 0 Å². The number of aliphatic hydroxyl groups is 1. The van der Waals surface area contributed by atoms with Gasteiger partial charge in [-0.05, 0) is 11.5 Å². The normalized spacial score (nSPS) is 13.6. The summed E-state index contributed by atoms with van der Waals surface area (Å²) in [5.41, 5.74) is 1.04. The third kappa shape index (κ3) is 4.20. The van der Waals surface area contributed by atoms with Crippen molar-refractivity contribution in [3.63, 3.8) is 0 Å². The van der Waals surface area contributed by atoms with Crippen molar-refractivity contribution in [1.82, 2.24) is 4.90 Å². The molecular weight excluding hydrogens is 250 g/mol. The fourth-order valence-electron chi connectivity index (χ4n) is 2.38. The summed E-state index contributed by atoms with van der Waals surface area (Å²) in [6.07, 6.45) is 2.64. The largest absolute Gasteiger partial charge is 0.395 e. The van der Waals surface area contributed by atoms with Crippen LogP contribution in [0.5, 0.6) is 0 Å². The van der Waals surface area contributed by atoms with Gasteiger partial charge in [0.15, 0.2) is 0 Å². The van der Waals surface area contributed by atoms with Gasteiger partial charge in [-0.15, -0.1) is 6.58 Å². The van der Waals surface area contributed by atoms with Crippen LogP contribution in [-0.4, -0.2) is 35.6 Å². The second kappa shape index (κ2) is 8.54. The van der Waals surface area contributed by atoms with Crippen molar-refractivity contribution in [1.29, 1.82) is 0 Å². The van der Waals surface area contributed by atoms with E-state index in [0.29, 0.717) is 13.1 Å². The van der Waals surface area contributed by atoms with Crippen molar-refractivity contribution in [2.75, 3.05) is 19.7 Å². The van der Waals surface area contributed by atoms with Crippen molar-refractivity contribution in [3.05, 3.63) is 48.6 Å². The van der Waals surface area contributed by atoms with Gasteiger partial charge in [0.2, 0.25) is 5.91 Å². The number of benzene rings is 1. The molecule has 1 amide bonds. The zero-order valence-electron chi connectivity index (χ0n) is 12.5. The lowest BCUT2D eigenvalue weighted by Crippen LogP contribution is -2.39. The van der Waals surface area contributed by atoms with Crippen molar-refractivity contribution >= 4 is 5.91 Å². The summed E-state index contributed by atoms with van der Waals surface area (Å²) in [5.74, 6) is 0.170. The molecule has 0 saturated carbocycles. The van der Waals surface area contributed by atoms with Gasteiger partial charge in [-0.1, -0.05) is 56.7 Å². The minimum absolute atomic E-state index is 0.0262. The molecule has 1 aromatic rings. The first-order valence-corrected chi connectivity index (χ1v) is 7.21. The smallest absolute Gasteiger partial charge is 0.230 e. The number of hydrogen-bond acceptors (Lipinski definition) is 2. The highest BCUT2D eigenvalue weighted by Gasteiger charge is 2.29. The van der Waals surface area contributed by atoms with Gasteiger partial charge in [0.1, 0.15) is 0 Å². The van der Waals surface area contributed by atoms with Gasteiger partial charge in [-0.25, -0.2) is 0 Å². The summed E-state index contributed by atoms with van der Waals surface area (Å²) >= 11 is 0. The average molecular weight is 275 g/mol. The second-order valence-corrected chi connectivity index (χ2v) is 5.07. The molecule has 110 valence electrons. The first kappa shape index (κ1) is 16.4. The molecule has 3 heteroatoms. The third-order valence-electron chi connectivity index (χ3n) is 3.67. The van der Waals surface area contributed by atoms with Crippen LogP contribution in [0.25, 0.3) is 0 Å². The van der Waals surface area contributed by atoms with Crippen LogP contribution in [0.1, 0.15) is 31.7 Å². The van der Waals surface area contributed by atoms with E-state index >= 15 is 0 Å². The zero-order valence-corrected chi connectivity index (χ0v) is 12.5. The third-order valence-corrected chi connectivity index (χ3v) is 3.67. The first-order valence-electron chi connectivity index (χ1n) is 7.21. The molecule has 2 atom stereocenters. The van der Waals surface area contributed by atoms with Gasteiger partial charge in [0.05, 0.1) is 12.5 Å². The summed E-state index contributed by atoms with van der Waals surface area (Å²) in [5, 5.41) is 9.13. The molecule has 3 nitrogen and oxygen atoms in total. The number of aliphatic hydroxyl groups excluding tert-OH is 1. The van der Waals surface area contributed by atoms with Gasteiger partial charge in [0, 0.05) is 13.1 Å². The molecule has 1 aromatic carbocycles. The Morgan fingerprint density at radius 3 is 2.55 bits per heavy atom. The van der Waals surface area contributed by atoms with Crippen LogP contribution in [0.2, 0.25) is 0 Å². The summed E-state index contributed by atoms with van der Waals surface area (Å²) in [4.78, 5) is 14.5. The molecule has 1 N–H and O–H groups in total. The summed E-state index contributed by atoms with van der Waals surface area (Å²) in [6, 6.07) is 9.88. The fourth-order valence-corrected chi connectivity index (χ4v) is 2.38. The van der Waals surface area contributed by atoms with Crippen molar-refractivity contribution in [2.45, 2.75) is 26.2 Å². The molecule has 0 fully saturated rings. The van der Waals surface area contributed by atoms with E-state index in [4.69, 9.17) is 5.11 Å². The van der Waals surface area contributed by atoms with Gasteiger partial charge in [0.25, 0.3) is 0 Å². The minimum atomic E-state index is -0.160. The number of nitrogens with zero attached hydrogens (tertiary/aromatic N) is 1. The summed E-state index contributed by atoms with van der Waals surface area (Å²) in [7, 11) is 0. The highest BCUT2D eigenvalue weighted by atomic mass is 16.3. The molecule has 1 rings (SSSR count). The number of carbonyl (C=O) groups excluding carboxylic acids is 1. The Hall–Kier alpha value is -1.61. The van der Waals surface area contributed by atoms with Gasteiger partial charge >= 0.3 is 0 Å². The van der Waals surface area contributed by atoms with Crippen molar-refractivity contribution in [3.8, 4) is 0 Å². The lowest BCUT2D eigenvalue weighted by molar-refractivity contribution is -0.134. The molecule has 0 aliphatic heterocycles. The monoisotopic (exact) mass is 275 g/mol. The van der Waals surface area contributed by atoms with E-state index in [9.17, 15) is 4.79 Å². The minimum Gasteiger partial charge on any atom is -0.395 e.